The molecule has 2 aliphatic rings. The number of aliphatic hydroxyl groups excluding tert-OH is 1. The van der Waals surface area contributed by atoms with Gasteiger partial charge in [-0.3, -0.25) is 9.25 Å². The normalized spacial score (nSPS) is 17.5. The first-order valence-electron chi connectivity index (χ1n) is 13.8. The summed E-state index contributed by atoms with van der Waals surface area (Å²) < 4.78 is 42.8. The summed E-state index contributed by atoms with van der Waals surface area (Å²) in [6, 6.07) is 7.79. The second-order valence-corrected chi connectivity index (χ2v) is 10.9. The lowest BCUT2D eigenvalue weighted by Gasteiger charge is -2.33. The van der Waals surface area contributed by atoms with Gasteiger partial charge in [0.25, 0.3) is 0 Å². The van der Waals surface area contributed by atoms with E-state index in [1.54, 1.807) is 21.5 Å². The molecule has 1 unspecified atom stereocenters. The van der Waals surface area contributed by atoms with E-state index < -0.39 is 23.9 Å². The molecule has 0 saturated carbocycles. The van der Waals surface area contributed by atoms with Crippen molar-refractivity contribution in [3.63, 3.8) is 0 Å². The first kappa shape index (κ1) is 28.0. The van der Waals surface area contributed by atoms with Crippen LogP contribution < -0.4 is 11.4 Å². The summed E-state index contributed by atoms with van der Waals surface area (Å²) >= 11 is 0. The van der Waals surface area contributed by atoms with Gasteiger partial charge < -0.3 is 25.6 Å². The summed E-state index contributed by atoms with van der Waals surface area (Å²) in [5.41, 5.74) is 8.42. The number of halogens is 3. The van der Waals surface area contributed by atoms with Crippen molar-refractivity contribution in [1.29, 1.82) is 0 Å². The van der Waals surface area contributed by atoms with Crippen LogP contribution in [0.1, 0.15) is 35.7 Å². The number of β-amino-alcohol motifs (C(OH)–C–C–N with tert-alkyl or cyclic N) is 1. The number of aliphatic hydroxyl groups is 1. The van der Waals surface area contributed by atoms with E-state index >= 15 is 0 Å². The first-order valence-corrected chi connectivity index (χ1v) is 13.8. The Morgan fingerprint density at radius 1 is 1.12 bits per heavy atom. The van der Waals surface area contributed by atoms with Crippen LogP contribution in [0.4, 0.5) is 18.0 Å². The van der Waals surface area contributed by atoms with Gasteiger partial charge in [0.05, 0.1) is 36.0 Å². The van der Waals surface area contributed by atoms with Crippen molar-refractivity contribution in [2.75, 3.05) is 26.2 Å². The number of imidazole rings is 1. The van der Waals surface area contributed by atoms with Crippen LogP contribution in [-0.2, 0) is 25.7 Å². The average molecular weight is 585 g/mol. The molecule has 42 heavy (non-hydrogen) atoms. The smallest absolute Gasteiger partial charge is 0.390 e. The molecule has 0 aliphatic carbocycles. The Morgan fingerprint density at radius 3 is 2.55 bits per heavy atom. The number of urea groups is 1. The average Bonchev–Trinajstić information content (AvgIpc) is 3.49. The molecule has 0 radical (unpaired) electrons. The number of piperidine rings is 1. The summed E-state index contributed by atoms with van der Waals surface area (Å²) in [5.74, 6) is 0. The van der Waals surface area contributed by atoms with E-state index in [4.69, 9.17) is 10.8 Å². The maximum Gasteiger partial charge on any atom is 0.416 e. The van der Waals surface area contributed by atoms with Crippen molar-refractivity contribution < 1.29 is 23.1 Å². The van der Waals surface area contributed by atoms with E-state index in [-0.39, 0.29) is 24.8 Å². The van der Waals surface area contributed by atoms with Crippen molar-refractivity contribution in [2.45, 2.75) is 50.7 Å². The van der Waals surface area contributed by atoms with E-state index in [0.29, 0.717) is 60.6 Å². The third kappa shape index (κ3) is 5.39. The molecule has 4 aromatic rings. The minimum Gasteiger partial charge on any atom is -0.390 e. The number of likely N-dealkylation sites (tertiary alicyclic amines) is 1. The SMILES string of the molecule is NC(=O)N1CCc2c(c(-c3ccc(C(F)(F)F)cc3)nn2CC(O)CN2CCC(n3c(=O)[nH]c4cccnc43)CC2)C1. The molecule has 1 atom stereocenters. The first-order chi connectivity index (χ1) is 20.1. The van der Waals surface area contributed by atoms with Gasteiger partial charge in [0.2, 0.25) is 0 Å². The minimum atomic E-state index is -4.46. The largest absolute Gasteiger partial charge is 0.416 e. The van der Waals surface area contributed by atoms with Gasteiger partial charge in [-0.15, -0.1) is 0 Å². The number of primary amides is 1. The Labute approximate surface area is 238 Å². The Morgan fingerprint density at radius 2 is 1.86 bits per heavy atom. The molecule has 0 spiro atoms. The summed E-state index contributed by atoms with van der Waals surface area (Å²) in [6.45, 7) is 2.53. The van der Waals surface area contributed by atoms with Gasteiger partial charge in [0.15, 0.2) is 5.65 Å². The highest BCUT2D eigenvalue weighted by Crippen LogP contribution is 2.34. The Bertz CT molecular complexity index is 1650. The van der Waals surface area contributed by atoms with Crippen LogP contribution >= 0.6 is 0 Å². The van der Waals surface area contributed by atoms with Crippen LogP contribution in [0.2, 0.25) is 0 Å². The van der Waals surface area contributed by atoms with Crippen molar-refractivity contribution in [2.24, 2.45) is 5.73 Å². The number of nitrogens with two attached hydrogens (primary N) is 1. The van der Waals surface area contributed by atoms with Gasteiger partial charge >= 0.3 is 17.9 Å². The molecular weight excluding hydrogens is 553 g/mol. The number of fused-ring (bicyclic) bond motifs is 2. The topological polar surface area (TPSA) is 138 Å². The molecule has 222 valence electrons. The summed E-state index contributed by atoms with van der Waals surface area (Å²) in [7, 11) is 0. The number of nitrogens with zero attached hydrogens (tertiary/aromatic N) is 6. The molecule has 1 saturated heterocycles. The van der Waals surface area contributed by atoms with Gasteiger partial charge in [0.1, 0.15) is 0 Å². The molecule has 5 heterocycles. The lowest BCUT2D eigenvalue weighted by atomic mass is 10.00. The predicted molar refractivity (Wildman–Crippen MR) is 147 cm³/mol. The van der Waals surface area contributed by atoms with Crippen molar-refractivity contribution in [1.82, 2.24) is 34.1 Å². The molecule has 4 N–H and O–H groups in total. The fourth-order valence-corrected chi connectivity index (χ4v) is 6.09. The number of aromatic amines is 1. The number of benzene rings is 1. The highest BCUT2D eigenvalue weighted by atomic mass is 19.4. The molecule has 1 aromatic carbocycles. The van der Waals surface area contributed by atoms with Gasteiger partial charge in [-0.2, -0.15) is 18.3 Å². The number of amides is 2. The molecule has 1 fully saturated rings. The third-order valence-electron chi connectivity index (χ3n) is 8.18. The van der Waals surface area contributed by atoms with Gasteiger partial charge in [-0.25, -0.2) is 14.6 Å². The number of hydrogen-bond acceptors (Lipinski definition) is 6. The number of carbonyl (C=O) groups excluding carboxylic acids is 1. The Kier molecular flexibility index (Phi) is 7.27. The highest BCUT2D eigenvalue weighted by Gasteiger charge is 2.32. The second-order valence-electron chi connectivity index (χ2n) is 10.9. The molecule has 2 amide bonds. The van der Waals surface area contributed by atoms with Crippen LogP contribution in [0, 0.1) is 0 Å². The maximum absolute atomic E-state index is 13.1. The summed E-state index contributed by atoms with van der Waals surface area (Å²) in [4.78, 5) is 35.3. The number of alkyl halides is 3. The number of hydrogen-bond donors (Lipinski definition) is 3. The zero-order valence-corrected chi connectivity index (χ0v) is 22.7. The minimum absolute atomic E-state index is 0.00664. The number of pyridine rings is 1. The number of rotatable bonds is 6. The number of aromatic nitrogens is 5. The second kappa shape index (κ2) is 10.9. The van der Waals surface area contributed by atoms with Gasteiger partial charge in [-0.1, -0.05) is 12.1 Å². The molecule has 6 rings (SSSR count). The van der Waals surface area contributed by atoms with Crippen LogP contribution in [0.3, 0.4) is 0 Å². The number of nitrogens with one attached hydrogen (secondary N) is 1. The van der Waals surface area contributed by atoms with Crippen LogP contribution in [0.25, 0.3) is 22.4 Å². The van der Waals surface area contributed by atoms with Gasteiger partial charge in [-0.05, 0) is 37.1 Å². The molecule has 14 heteroatoms. The zero-order valence-electron chi connectivity index (χ0n) is 22.7. The highest BCUT2D eigenvalue weighted by molar-refractivity contribution is 5.74. The van der Waals surface area contributed by atoms with Crippen LogP contribution in [-0.4, -0.2) is 77.5 Å². The number of carbonyl (C=O) groups is 1. The quantitative estimate of drug-likeness (QED) is 0.319. The van der Waals surface area contributed by atoms with E-state index in [2.05, 4.69) is 14.9 Å². The van der Waals surface area contributed by atoms with Gasteiger partial charge in [0, 0.05) is 61.7 Å². The monoisotopic (exact) mass is 584 g/mol. The summed E-state index contributed by atoms with van der Waals surface area (Å²) in [5, 5.41) is 15.8. The lowest BCUT2D eigenvalue weighted by Crippen LogP contribution is -2.42. The van der Waals surface area contributed by atoms with Crippen molar-refractivity contribution >= 4 is 17.2 Å². The number of H-pyrrole nitrogens is 1. The molecule has 11 nitrogen and oxygen atoms in total. The molecular formula is C28H31F3N8O3. The molecule has 0 bridgehead atoms. The zero-order chi connectivity index (χ0) is 29.6. The van der Waals surface area contributed by atoms with Crippen molar-refractivity contribution in [3.05, 3.63) is 69.9 Å². The summed E-state index contributed by atoms with van der Waals surface area (Å²) in [6.07, 6.45) is -1.64. The van der Waals surface area contributed by atoms with E-state index in [0.717, 1.165) is 30.7 Å². The van der Waals surface area contributed by atoms with Crippen LogP contribution in [0.15, 0.2) is 47.4 Å². The van der Waals surface area contributed by atoms with Crippen molar-refractivity contribution in [3.8, 4) is 11.3 Å². The van der Waals surface area contributed by atoms with Crippen LogP contribution in [0.5, 0.6) is 0 Å². The van der Waals surface area contributed by atoms with E-state index in [1.807, 2.05) is 6.07 Å². The van der Waals surface area contributed by atoms with E-state index in [9.17, 15) is 27.9 Å². The fourth-order valence-electron chi connectivity index (χ4n) is 6.09. The molecule has 3 aromatic heterocycles. The lowest BCUT2D eigenvalue weighted by molar-refractivity contribution is -0.137. The maximum atomic E-state index is 13.1. The Hall–Kier alpha value is -4.17. The van der Waals surface area contributed by atoms with E-state index in [1.165, 1.54) is 17.0 Å². The third-order valence-corrected chi connectivity index (χ3v) is 8.18. The molecule has 2 aliphatic heterocycles. The predicted octanol–water partition coefficient (Wildman–Crippen LogP) is 2.74. The Balaban J connectivity index is 1.16. The standard InChI is InChI=1S/C28H31F3N8O3/c29-28(30,31)18-5-3-17(4-6-18)24-21-16-37(26(32)41)13-9-23(21)38(35-24)15-20(40)14-36-11-7-19(8-12-36)39-25-22(34-27(39)42)2-1-10-33-25/h1-6,10,19-20,40H,7-9,11-16H2,(H2,32,41)(H,34,42). The fraction of sp³-hybridized carbons (Fsp3) is 0.429.